The molecule has 7 nitrogen and oxygen atoms in total. The third kappa shape index (κ3) is 8.13. The van der Waals surface area contributed by atoms with Crippen molar-refractivity contribution in [3.63, 3.8) is 0 Å². The van der Waals surface area contributed by atoms with Gasteiger partial charge in [0, 0.05) is 17.6 Å². The molecule has 0 aromatic heterocycles. The summed E-state index contributed by atoms with van der Waals surface area (Å²) in [6.45, 7) is 6.01. The number of nitrogens with one attached hydrogen (secondary N) is 1. The van der Waals surface area contributed by atoms with Crippen LogP contribution in [0.3, 0.4) is 0 Å². The van der Waals surface area contributed by atoms with E-state index in [1.165, 1.54) is 4.90 Å². The van der Waals surface area contributed by atoms with E-state index in [0.29, 0.717) is 25.2 Å². The van der Waals surface area contributed by atoms with Crippen molar-refractivity contribution in [3.8, 4) is 0 Å². The molecule has 0 aliphatic carbocycles. The molecule has 0 bridgehead atoms. The van der Waals surface area contributed by atoms with Gasteiger partial charge in [-0.25, -0.2) is 8.42 Å². The molecular formula is C25H34BrN3O4S. The van der Waals surface area contributed by atoms with Crippen LogP contribution in [-0.2, 0) is 26.0 Å². The molecule has 2 amide bonds. The van der Waals surface area contributed by atoms with Crippen molar-refractivity contribution in [2.75, 3.05) is 30.2 Å². The Morgan fingerprint density at radius 1 is 1.12 bits per heavy atom. The van der Waals surface area contributed by atoms with Gasteiger partial charge in [-0.15, -0.1) is 0 Å². The quantitative estimate of drug-likeness (QED) is 0.405. The molecule has 0 radical (unpaired) electrons. The van der Waals surface area contributed by atoms with Crippen molar-refractivity contribution < 1.29 is 18.0 Å². The van der Waals surface area contributed by atoms with Gasteiger partial charge >= 0.3 is 0 Å². The van der Waals surface area contributed by atoms with E-state index in [2.05, 4.69) is 21.2 Å². The molecule has 0 saturated heterocycles. The van der Waals surface area contributed by atoms with Gasteiger partial charge in [-0.3, -0.25) is 13.9 Å². The summed E-state index contributed by atoms with van der Waals surface area (Å²) in [6.07, 6.45) is 3.42. The SMILES string of the molecule is CCCCNC(=O)[C@@H](C)N(CCc1ccccc1)C(=O)CN(c1ccc(Br)c(C)c1)S(C)(=O)=O. The largest absolute Gasteiger partial charge is 0.354 e. The molecule has 2 rings (SSSR count). The smallest absolute Gasteiger partial charge is 0.244 e. The first kappa shape index (κ1) is 27.9. The fraction of sp³-hybridized carbons (Fsp3) is 0.440. The Morgan fingerprint density at radius 3 is 2.38 bits per heavy atom. The van der Waals surface area contributed by atoms with Crippen LogP contribution < -0.4 is 9.62 Å². The highest BCUT2D eigenvalue weighted by Gasteiger charge is 2.29. The van der Waals surface area contributed by atoms with E-state index in [4.69, 9.17) is 0 Å². The molecule has 34 heavy (non-hydrogen) atoms. The Kier molecular flexibility index (Phi) is 10.6. The average Bonchev–Trinajstić information content (AvgIpc) is 2.79. The zero-order valence-electron chi connectivity index (χ0n) is 20.3. The van der Waals surface area contributed by atoms with E-state index in [0.717, 1.165) is 39.0 Å². The lowest BCUT2D eigenvalue weighted by Crippen LogP contribution is -2.52. The lowest BCUT2D eigenvalue weighted by molar-refractivity contribution is -0.138. The number of hydrogen-bond acceptors (Lipinski definition) is 4. The fourth-order valence-corrected chi connectivity index (χ4v) is 4.59. The number of unbranched alkanes of at least 4 members (excludes halogenated alkanes) is 1. The maximum absolute atomic E-state index is 13.5. The van der Waals surface area contributed by atoms with Crippen LogP contribution in [0.15, 0.2) is 53.0 Å². The third-order valence-electron chi connectivity index (χ3n) is 5.59. The molecule has 0 saturated carbocycles. The van der Waals surface area contributed by atoms with E-state index in [1.54, 1.807) is 25.1 Å². The zero-order chi connectivity index (χ0) is 25.3. The molecule has 0 fully saturated rings. The van der Waals surface area contributed by atoms with Gasteiger partial charge < -0.3 is 10.2 Å². The topological polar surface area (TPSA) is 86.8 Å². The van der Waals surface area contributed by atoms with Crippen molar-refractivity contribution in [2.24, 2.45) is 0 Å². The molecule has 0 aliphatic rings. The van der Waals surface area contributed by atoms with Gasteiger partial charge in [0.1, 0.15) is 12.6 Å². The second-order valence-corrected chi connectivity index (χ2v) is 11.1. The van der Waals surface area contributed by atoms with Gasteiger partial charge in [-0.2, -0.15) is 0 Å². The van der Waals surface area contributed by atoms with E-state index in [-0.39, 0.29) is 12.5 Å². The standard InChI is InChI=1S/C25H34BrN3O4S/c1-5-6-15-27-25(31)20(3)28(16-14-21-10-8-7-9-11-21)24(30)18-29(34(4,32)33)22-12-13-23(26)19(2)17-22/h7-13,17,20H,5-6,14-16,18H2,1-4H3,(H,27,31)/t20-/m1/s1. The summed E-state index contributed by atoms with van der Waals surface area (Å²) in [5.41, 5.74) is 2.28. The van der Waals surface area contributed by atoms with Crippen molar-refractivity contribution in [1.29, 1.82) is 0 Å². The summed E-state index contributed by atoms with van der Waals surface area (Å²) in [5, 5.41) is 2.88. The van der Waals surface area contributed by atoms with Crippen molar-refractivity contribution in [1.82, 2.24) is 10.2 Å². The van der Waals surface area contributed by atoms with Crippen molar-refractivity contribution >= 4 is 43.5 Å². The minimum Gasteiger partial charge on any atom is -0.354 e. The van der Waals surface area contributed by atoms with Gasteiger partial charge in [0.05, 0.1) is 11.9 Å². The Hall–Kier alpha value is -2.39. The van der Waals surface area contributed by atoms with Crippen LogP contribution in [0.5, 0.6) is 0 Å². The second kappa shape index (κ2) is 12.9. The van der Waals surface area contributed by atoms with Crippen LogP contribution in [0.4, 0.5) is 5.69 Å². The summed E-state index contributed by atoms with van der Waals surface area (Å²) in [7, 11) is -3.74. The Balaban J connectivity index is 2.29. The number of benzene rings is 2. The molecule has 2 aromatic carbocycles. The molecule has 2 aromatic rings. The summed E-state index contributed by atoms with van der Waals surface area (Å²) < 4.78 is 27.2. The van der Waals surface area contributed by atoms with E-state index in [1.807, 2.05) is 44.2 Å². The maximum Gasteiger partial charge on any atom is 0.244 e. The normalized spacial score (nSPS) is 12.1. The van der Waals surface area contributed by atoms with Crippen molar-refractivity contribution in [3.05, 3.63) is 64.1 Å². The molecule has 1 atom stereocenters. The molecule has 0 unspecified atom stereocenters. The van der Waals surface area contributed by atoms with Gasteiger partial charge in [-0.05, 0) is 56.0 Å². The molecule has 0 aliphatic heterocycles. The second-order valence-electron chi connectivity index (χ2n) is 8.35. The van der Waals surface area contributed by atoms with Crippen LogP contribution >= 0.6 is 15.9 Å². The molecular weight excluding hydrogens is 518 g/mol. The van der Waals surface area contributed by atoms with Gasteiger partial charge in [0.2, 0.25) is 21.8 Å². The highest BCUT2D eigenvalue weighted by atomic mass is 79.9. The number of halogens is 1. The number of hydrogen-bond donors (Lipinski definition) is 1. The number of nitrogens with zero attached hydrogens (tertiary/aromatic N) is 2. The minimum absolute atomic E-state index is 0.250. The lowest BCUT2D eigenvalue weighted by atomic mass is 10.1. The number of sulfonamides is 1. The third-order valence-corrected chi connectivity index (χ3v) is 7.62. The highest BCUT2D eigenvalue weighted by molar-refractivity contribution is 9.10. The predicted octanol–water partition coefficient (Wildman–Crippen LogP) is 3.90. The molecule has 1 N–H and O–H groups in total. The lowest BCUT2D eigenvalue weighted by Gasteiger charge is -2.31. The van der Waals surface area contributed by atoms with Gasteiger partial charge in [0.15, 0.2) is 0 Å². The first-order valence-electron chi connectivity index (χ1n) is 11.4. The number of carbonyl (C=O) groups excluding carboxylic acids is 2. The Morgan fingerprint density at radius 2 is 1.79 bits per heavy atom. The summed E-state index contributed by atoms with van der Waals surface area (Å²) in [5.74, 6) is -0.680. The summed E-state index contributed by atoms with van der Waals surface area (Å²) >= 11 is 3.42. The average molecular weight is 553 g/mol. The van der Waals surface area contributed by atoms with Crippen LogP contribution in [-0.4, -0.2) is 57.1 Å². The number of carbonyl (C=O) groups is 2. The maximum atomic E-state index is 13.5. The van der Waals surface area contributed by atoms with Gasteiger partial charge in [0.25, 0.3) is 0 Å². The number of aryl methyl sites for hydroxylation is 1. The number of rotatable bonds is 12. The van der Waals surface area contributed by atoms with Crippen LogP contribution in [0.1, 0.15) is 37.8 Å². The fourth-order valence-electron chi connectivity index (χ4n) is 3.50. The summed E-state index contributed by atoms with van der Waals surface area (Å²) in [4.78, 5) is 27.7. The minimum atomic E-state index is -3.74. The van der Waals surface area contributed by atoms with Crippen molar-refractivity contribution in [2.45, 2.75) is 46.1 Å². The zero-order valence-corrected chi connectivity index (χ0v) is 22.7. The monoisotopic (exact) mass is 551 g/mol. The van der Waals surface area contributed by atoms with E-state index >= 15 is 0 Å². The molecule has 0 heterocycles. The Labute approximate surface area is 211 Å². The molecule has 0 spiro atoms. The van der Waals surface area contributed by atoms with Crippen LogP contribution in [0.25, 0.3) is 0 Å². The number of anilines is 1. The first-order chi connectivity index (χ1) is 16.0. The summed E-state index contributed by atoms with van der Waals surface area (Å²) in [6, 6.07) is 14.1. The highest BCUT2D eigenvalue weighted by Crippen LogP contribution is 2.25. The number of amides is 2. The van der Waals surface area contributed by atoms with Crippen LogP contribution in [0.2, 0.25) is 0 Å². The van der Waals surface area contributed by atoms with Gasteiger partial charge in [-0.1, -0.05) is 59.6 Å². The first-order valence-corrected chi connectivity index (χ1v) is 14.0. The molecule has 186 valence electrons. The van der Waals surface area contributed by atoms with E-state index in [9.17, 15) is 18.0 Å². The predicted molar refractivity (Wildman–Crippen MR) is 140 cm³/mol. The molecule has 9 heteroatoms. The van der Waals surface area contributed by atoms with Crippen LogP contribution in [0, 0.1) is 6.92 Å². The Bertz CT molecular complexity index is 1080. The van der Waals surface area contributed by atoms with E-state index < -0.39 is 22.0 Å².